The maximum Gasteiger partial charge on any atom is 0.331 e. The SMILES string of the molecule is CCC(C)(C(=O)O)n1nnnc1Cc1ccccc1Cl. The van der Waals surface area contributed by atoms with Crippen LogP contribution in [0.15, 0.2) is 24.3 Å². The van der Waals surface area contributed by atoms with Gasteiger partial charge in [0.15, 0.2) is 11.4 Å². The van der Waals surface area contributed by atoms with E-state index in [1.54, 1.807) is 19.9 Å². The van der Waals surface area contributed by atoms with Gasteiger partial charge in [-0.3, -0.25) is 0 Å². The van der Waals surface area contributed by atoms with Gasteiger partial charge in [-0.25, -0.2) is 9.48 Å². The molecule has 1 N–H and O–H groups in total. The van der Waals surface area contributed by atoms with Gasteiger partial charge in [-0.1, -0.05) is 36.7 Å². The quantitative estimate of drug-likeness (QED) is 0.913. The van der Waals surface area contributed by atoms with Crippen molar-refractivity contribution in [2.45, 2.75) is 32.2 Å². The number of nitrogens with zero attached hydrogens (tertiary/aromatic N) is 4. The number of aromatic nitrogens is 4. The van der Waals surface area contributed by atoms with Crippen LogP contribution in [0.3, 0.4) is 0 Å². The van der Waals surface area contributed by atoms with E-state index in [0.717, 1.165) is 5.56 Å². The lowest BCUT2D eigenvalue weighted by Crippen LogP contribution is -2.40. The molecule has 0 aliphatic heterocycles. The second-order valence-corrected chi connectivity index (χ2v) is 5.11. The second kappa shape index (κ2) is 5.58. The third-order valence-corrected chi connectivity index (χ3v) is 3.83. The Balaban J connectivity index is 2.39. The maximum absolute atomic E-state index is 11.5. The summed E-state index contributed by atoms with van der Waals surface area (Å²) in [5.74, 6) is -0.488. The molecule has 2 aromatic rings. The Bertz CT molecular complexity index is 628. The van der Waals surface area contributed by atoms with Crippen LogP contribution in [-0.4, -0.2) is 31.3 Å². The van der Waals surface area contributed by atoms with Crippen molar-refractivity contribution in [1.82, 2.24) is 20.2 Å². The first-order chi connectivity index (χ1) is 9.49. The summed E-state index contributed by atoms with van der Waals surface area (Å²) in [6, 6.07) is 7.35. The fourth-order valence-electron chi connectivity index (χ4n) is 1.90. The lowest BCUT2D eigenvalue weighted by atomic mass is 9.99. The summed E-state index contributed by atoms with van der Waals surface area (Å²) in [5.41, 5.74) is -0.311. The fraction of sp³-hybridized carbons (Fsp3) is 0.385. The van der Waals surface area contributed by atoms with Crippen molar-refractivity contribution in [3.8, 4) is 0 Å². The molecule has 0 saturated carbocycles. The molecule has 0 fully saturated rings. The average Bonchev–Trinajstić information content (AvgIpc) is 2.89. The molecule has 6 nitrogen and oxygen atoms in total. The molecule has 1 heterocycles. The minimum Gasteiger partial charge on any atom is -0.479 e. The number of benzene rings is 1. The number of halogens is 1. The predicted molar refractivity (Wildman–Crippen MR) is 73.6 cm³/mol. The molecule has 0 saturated heterocycles. The van der Waals surface area contributed by atoms with Crippen molar-refractivity contribution in [2.75, 3.05) is 0 Å². The van der Waals surface area contributed by atoms with Crippen LogP contribution < -0.4 is 0 Å². The normalized spacial score (nSPS) is 13.9. The Morgan fingerprint density at radius 1 is 1.45 bits per heavy atom. The summed E-state index contributed by atoms with van der Waals surface area (Å²) >= 11 is 6.11. The molecule has 0 amide bonds. The second-order valence-electron chi connectivity index (χ2n) is 4.71. The standard InChI is InChI=1S/C13H15ClN4O2/c1-3-13(2,12(19)20)18-11(15-16-17-18)8-9-6-4-5-7-10(9)14/h4-7H,3,8H2,1-2H3,(H,19,20). The summed E-state index contributed by atoms with van der Waals surface area (Å²) in [7, 11) is 0. The third kappa shape index (κ3) is 2.51. The van der Waals surface area contributed by atoms with Gasteiger partial charge in [0.25, 0.3) is 0 Å². The molecule has 1 aromatic heterocycles. The Hall–Kier alpha value is -1.95. The monoisotopic (exact) mass is 294 g/mol. The fourth-order valence-corrected chi connectivity index (χ4v) is 2.11. The van der Waals surface area contributed by atoms with Gasteiger partial charge in [-0.15, -0.1) is 5.10 Å². The van der Waals surface area contributed by atoms with Crippen molar-refractivity contribution < 1.29 is 9.90 Å². The highest BCUT2D eigenvalue weighted by atomic mass is 35.5. The molecule has 1 unspecified atom stereocenters. The number of aliphatic carboxylic acids is 1. The Labute approximate surface area is 121 Å². The van der Waals surface area contributed by atoms with E-state index >= 15 is 0 Å². The average molecular weight is 295 g/mol. The van der Waals surface area contributed by atoms with Crippen molar-refractivity contribution in [2.24, 2.45) is 0 Å². The molecule has 0 spiro atoms. The number of hydrogen-bond donors (Lipinski definition) is 1. The summed E-state index contributed by atoms with van der Waals surface area (Å²) < 4.78 is 1.36. The zero-order chi connectivity index (χ0) is 14.8. The summed E-state index contributed by atoms with van der Waals surface area (Å²) in [6.45, 7) is 3.39. The van der Waals surface area contributed by atoms with E-state index in [2.05, 4.69) is 15.5 Å². The largest absolute Gasteiger partial charge is 0.479 e. The topological polar surface area (TPSA) is 80.9 Å². The summed E-state index contributed by atoms with van der Waals surface area (Å²) in [6.07, 6.45) is 0.762. The van der Waals surface area contributed by atoms with Crippen LogP contribution in [-0.2, 0) is 16.8 Å². The number of carbonyl (C=O) groups is 1. The lowest BCUT2D eigenvalue weighted by Gasteiger charge is -2.24. The van der Waals surface area contributed by atoms with Crippen LogP contribution in [0.2, 0.25) is 5.02 Å². The first-order valence-corrected chi connectivity index (χ1v) is 6.61. The van der Waals surface area contributed by atoms with Crippen LogP contribution in [0.5, 0.6) is 0 Å². The highest BCUT2D eigenvalue weighted by molar-refractivity contribution is 6.31. The lowest BCUT2D eigenvalue weighted by molar-refractivity contribution is -0.147. The van der Waals surface area contributed by atoms with Gasteiger partial charge in [0.2, 0.25) is 0 Å². The highest BCUT2D eigenvalue weighted by Gasteiger charge is 2.36. The van der Waals surface area contributed by atoms with E-state index in [9.17, 15) is 9.90 Å². The molecule has 0 aliphatic carbocycles. The minimum atomic E-state index is -1.17. The van der Waals surface area contributed by atoms with E-state index < -0.39 is 11.5 Å². The van der Waals surface area contributed by atoms with Crippen LogP contribution in [0, 0.1) is 0 Å². The van der Waals surface area contributed by atoms with Gasteiger partial charge < -0.3 is 5.11 Å². The van der Waals surface area contributed by atoms with E-state index in [-0.39, 0.29) is 0 Å². The van der Waals surface area contributed by atoms with Crippen LogP contribution >= 0.6 is 11.6 Å². The summed E-state index contributed by atoms with van der Waals surface area (Å²) in [4.78, 5) is 11.5. The molecule has 0 radical (unpaired) electrons. The van der Waals surface area contributed by atoms with E-state index in [0.29, 0.717) is 23.7 Å². The third-order valence-electron chi connectivity index (χ3n) is 3.46. The Kier molecular flexibility index (Phi) is 4.04. The molecule has 0 bridgehead atoms. The molecule has 0 aliphatic rings. The molecule has 1 atom stereocenters. The smallest absolute Gasteiger partial charge is 0.331 e. The Morgan fingerprint density at radius 3 is 2.75 bits per heavy atom. The molecule has 106 valence electrons. The molecule has 1 aromatic carbocycles. The number of rotatable bonds is 5. The number of hydrogen-bond acceptors (Lipinski definition) is 4. The zero-order valence-electron chi connectivity index (χ0n) is 11.2. The van der Waals surface area contributed by atoms with Crippen molar-refractivity contribution in [3.05, 3.63) is 40.7 Å². The van der Waals surface area contributed by atoms with Gasteiger partial charge in [0.05, 0.1) is 0 Å². The van der Waals surface area contributed by atoms with Gasteiger partial charge in [0, 0.05) is 11.4 Å². The Morgan fingerprint density at radius 2 is 2.15 bits per heavy atom. The molecule has 2 rings (SSSR count). The first-order valence-electron chi connectivity index (χ1n) is 6.23. The molecule has 20 heavy (non-hydrogen) atoms. The van der Waals surface area contributed by atoms with Crippen LogP contribution in [0.4, 0.5) is 0 Å². The van der Waals surface area contributed by atoms with Crippen molar-refractivity contribution >= 4 is 17.6 Å². The zero-order valence-corrected chi connectivity index (χ0v) is 12.0. The highest BCUT2D eigenvalue weighted by Crippen LogP contribution is 2.23. The van der Waals surface area contributed by atoms with Crippen molar-refractivity contribution in [1.29, 1.82) is 0 Å². The minimum absolute atomic E-state index is 0.378. The van der Waals surface area contributed by atoms with E-state index in [1.165, 1.54) is 4.68 Å². The number of tetrazole rings is 1. The number of carboxylic acids is 1. The first kappa shape index (κ1) is 14.5. The van der Waals surface area contributed by atoms with E-state index in [4.69, 9.17) is 11.6 Å². The van der Waals surface area contributed by atoms with Crippen LogP contribution in [0.25, 0.3) is 0 Å². The molecular formula is C13H15ClN4O2. The number of carboxylic acid groups (broad SMARTS) is 1. The van der Waals surface area contributed by atoms with Gasteiger partial charge in [-0.05, 0) is 35.4 Å². The maximum atomic E-state index is 11.5. The molecule has 7 heteroatoms. The van der Waals surface area contributed by atoms with Gasteiger partial charge >= 0.3 is 5.97 Å². The molecular weight excluding hydrogens is 280 g/mol. The van der Waals surface area contributed by atoms with Gasteiger partial charge in [0.1, 0.15) is 0 Å². The van der Waals surface area contributed by atoms with Crippen molar-refractivity contribution in [3.63, 3.8) is 0 Å². The predicted octanol–water partition coefficient (Wildman–Crippen LogP) is 2.13. The van der Waals surface area contributed by atoms with Crippen LogP contribution in [0.1, 0.15) is 31.7 Å². The summed E-state index contributed by atoms with van der Waals surface area (Å²) in [5, 5.41) is 21.4. The van der Waals surface area contributed by atoms with E-state index in [1.807, 2.05) is 18.2 Å². The van der Waals surface area contributed by atoms with Gasteiger partial charge in [-0.2, -0.15) is 0 Å².